The molecule has 0 heterocycles. The molecule has 0 bridgehead atoms. The average Bonchev–Trinajstić information content (AvgIpc) is 1.38. The van der Waals surface area contributed by atoms with Crippen LogP contribution in [-0.4, -0.2) is 10.9 Å². The van der Waals surface area contributed by atoms with Crippen LogP contribution in [0.15, 0.2) is 0 Å². The van der Waals surface area contributed by atoms with E-state index in [2.05, 4.69) is 25.3 Å². The van der Waals surface area contributed by atoms with Crippen LogP contribution in [-0.2, 0) is 4.79 Å². The standard InChI is InChI=1S/C2H4OS2/c3-1-2(4)5/h1-2,4-5H. The van der Waals surface area contributed by atoms with Crippen molar-refractivity contribution in [2.45, 2.75) is 4.58 Å². The third-order valence-corrected chi connectivity index (χ3v) is 0.365. The van der Waals surface area contributed by atoms with Crippen LogP contribution in [0.3, 0.4) is 0 Å². The van der Waals surface area contributed by atoms with Crippen LogP contribution in [0.1, 0.15) is 0 Å². The molecule has 0 aliphatic carbocycles. The molecule has 5 heavy (non-hydrogen) atoms. The average molecular weight is 108 g/mol. The van der Waals surface area contributed by atoms with Crippen LogP contribution in [0.5, 0.6) is 0 Å². The summed E-state index contributed by atoms with van der Waals surface area (Å²) in [7, 11) is 0. The first-order chi connectivity index (χ1) is 2.27. The van der Waals surface area contributed by atoms with Gasteiger partial charge in [-0.1, -0.05) is 0 Å². The van der Waals surface area contributed by atoms with E-state index in [4.69, 9.17) is 0 Å². The van der Waals surface area contributed by atoms with Gasteiger partial charge in [-0.05, 0) is 0 Å². The number of rotatable bonds is 1. The SMILES string of the molecule is O=CC(S)S. The van der Waals surface area contributed by atoms with Gasteiger partial charge in [0.2, 0.25) is 0 Å². The van der Waals surface area contributed by atoms with E-state index in [1.54, 1.807) is 0 Å². The highest BCUT2D eigenvalue weighted by molar-refractivity contribution is 8.00. The minimum atomic E-state index is -0.407. The first kappa shape index (κ1) is 5.37. The Labute approximate surface area is 41.6 Å². The maximum Gasteiger partial charge on any atom is 0.142 e. The van der Waals surface area contributed by atoms with Gasteiger partial charge in [0.1, 0.15) is 6.29 Å². The Bertz CT molecular complexity index is 34.6. The molecule has 0 N–H and O–H groups in total. The molecule has 0 saturated heterocycles. The molecule has 0 rings (SSSR count). The molecule has 0 amide bonds. The lowest BCUT2D eigenvalue weighted by molar-refractivity contribution is -0.106. The number of hydrogen-bond acceptors (Lipinski definition) is 3. The first-order valence-corrected chi connectivity index (χ1v) is 2.12. The first-order valence-electron chi connectivity index (χ1n) is 1.09. The van der Waals surface area contributed by atoms with Crippen molar-refractivity contribution in [2.24, 2.45) is 0 Å². The summed E-state index contributed by atoms with van der Waals surface area (Å²) in [6, 6.07) is 0. The molecule has 0 atom stereocenters. The third kappa shape index (κ3) is 4.37. The van der Waals surface area contributed by atoms with Crippen molar-refractivity contribution >= 4 is 31.5 Å². The summed E-state index contributed by atoms with van der Waals surface area (Å²) < 4.78 is -0.407. The highest BCUT2D eigenvalue weighted by Gasteiger charge is 1.81. The fourth-order valence-corrected chi connectivity index (χ4v) is 0. The summed E-state index contributed by atoms with van der Waals surface area (Å²) >= 11 is 7.19. The van der Waals surface area contributed by atoms with E-state index in [1.807, 2.05) is 0 Å². The number of thiol groups is 2. The van der Waals surface area contributed by atoms with E-state index in [-0.39, 0.29) is 0 Å². The molecule has 0 aliphatic heterocycles. The Morgan fingerprint density at radius 2 is 1.80 bits per heavy atom. The fourth-order valence-electron chi connectivity index (χ4n) is 0. The van der Waals surface area contributed by atoms with Crippen LogP contribution in [0.4, 0.5) is 0 Å². The molecule has 0 aromatic heterocycles. The Kier molecular flexibility index (Phi) is 2.79. The largest absolute Gasteiger partial charge is 0.301 e. The molecule has 0 fully saturated rings. The van der Waals surface area contributed by atoms with Crippen LogP contribution >= 0.6 is 25.3 Å². The van der Waals surface area contributed by atoms with Crippen LogP contribution in [0, 0.1) is 0 Å². The van der Waals surface area contributed by atoms with Crippen LogP contribution < -0.4 is 0 Å². The molecule has 30 valence electrons. The molecule has 0 spiro atoms. The lowest BCUT2D eigenvalue weighted by atomic mass is 10.9. The van der Waals surface area contributed by atoms with Gasteiger partial charge in [0, 0.05) is 0 Å². The maximum absolute atomic E-state index is 9.35. The second kappa shape index (κ2) is 2.60. The molecule has 0 aromatic carbocycles. The van der Waals surface area contributed by atoms with Crippen molar-refractivity contribution in [2.75, 3.05) is 0 Å². The molecule has 1 nitrogen and oxygen atoms in total. The zero-order chi connectivity index (χ0) is 4.28. The highest BCUT2D eigenvalue weighted by Crippen LogP contribution is 1.91. The predicted molar refractivity (Wildman–Crippen MR) is 27.8 cm³/mol. The molecule has 0 saturated carbocycles. The van der Waals surface area contributed by atoms with E-state index >= 15 is 0 Å². The van der Waals surface area contributed by atoms with Crippen LogP contribution in [0.25, 0.3) is 0 Å². The van der Waals surface area contributed by atoms with Gasteiger partial charge in [-0.15, -0.1) is 0 Å². The number of aldehydes is 1. The van der Waals surface area contributed by atoms with Gasteiger partial charge in [-0.3, -0.25) is 0 Å². The van der Waals surface area contributed by atoms with Gasteiger partial charge in [-0.2, -0.15) is 25.3 Å². The Hall–Kier alpha value is 0.370. The van der Waals surface area contributed by atoms with Crippen molar-refractivity contribution < 1.29 is 4.79 Å². The summed E-state index contributed by atoms with van der Waals surface area (Å²) in [5, 5.41) is 0. The van der Waals surface area contributed by atoms with Crippen molar-refractivity contribution in [3.63, 3.8) is 0 Å². The summed E-state index contributed by atoms with van der Waals surface area (Å²) in [5.74, 6) is 0. The molecule has 0 aromatic rings. The van der Waals surface area contributed by atoms with E-state index in [0.717, 1.165) is 0 Å². The zero-order valence-corrected chi connectivity index (χ0v) is 4.25. The van der Waals surface area contributed by atoms with Crippen molar-refractivity contribution in [3.8, 4) is 0 Å². The van der Waals surface area contributed by atoms with Crippen molar-refractivity contribution in [1.82, 2.24) is 0 Å². The van der Waals surface area contributed by atoms with Crippen LogP contribution in [0.2, 0.25) is 0 Å². The monoisotopic (exact) mass is 108 g/mol. The van der Waals surface area contributed by atoms with Gasteiger partial charge >= 0.3 is 0 Å². The smallest absolute Gasteiger partial charge is 0.142 e. The summed E-state index contributed by atoms with van der Waals surface area (Å²) in [6.45, 7) is 0. The van der Waals surface area contributed by atoms with Gasteiger partial charge < -0.3 is 4.79 Å². The zero-order valence-electron chi connectivity index (χ0n) is 2.46. The van der Waals surface area contributed by atoms with Gasteiger partial charge in [0.25, 0.3) is 0 Å². The topological polar surface area (TPSA) is 17.1 Å². The maximum atomic E-state index is 9.35. The van der Waals surface area contributed by atoms with Crippen molar-refractivity contribution in [1.29, 1.82) is 0 Å². The van der Waals surface area contributed by atoms with Gasteiger partial charge in [0.05, 0.1) is 4.58 Å². The molecular weight excluding hydrogens is 104 g/mol. The fraction of sp³-hybridized carbons (Fsp3) is 0.500. The molecule has 0 radical (unpaired) electrons. The Morgan fingerprint density at radius 3 is 1.80 bits per heavy atom. The predicted octanol–water partition coefficient (Wildman–Crippen LogP) is 0.371. The summed E-state index contributed by atoms with van der Waals surface area (Å²) in [4.78, 5) is 9.35. The second-order valence-corrected chi connectivity index (χ2v) is 2.07. The molecule has 3 heteroatoms. The van der Waals surface area contributed by atoms with Crippen molar-refractivity contribution in [3.05, 3.63) is 0 Å². The molecular formula is C2H4OS2. The van der Waals surface area contributed by atoms with E-state index in [9.17, 15) is 4.79 Å². The van der Waals surface area contributed by atoms with E-state index in [0.29, 0.717) is 6.29 Å². The van der Waals surface area contributed by atoms with Gasteiger partial charge in [0.15, 0.2) is 0 Å². The van der Waals surface area contributed by atoms with Gasteiger partial charge in [-0.25, -0.2) is 0 Å². The number of hydrogen-bond donors (Lipinski definition) is 2. The van der Waals surface area contributed by atoms with E-state index < -0.39 is 4.58 Å². The quantitative estimate of drug-likeness (QED) is 0.282. The second-order valence-electron chi connectivity index (χ2n) is 0.550. The minimum Gasteiger partial charge on any atom is -0.301 e. The molecule has 0 unspecified atom stereocenters. The third-order valence-electron chi connectivity index (χ3n) is 0.122. The number of carbonyl (C=O) groups is 1. The lowest BCUT2D eigenvalue weighted by Gasteiger charge is -1.77. The van der Waals surface area contributed by atoms with E-state index in [1.165, 1.54) is 0 Å². The Balaban J connectivity index is 2.83. The normalized spacial score (nSPS) is 8.60. The highest BCUT2D eigenvalue weighted by atomic mass is 32.2. The Morgan fingerprint density at radius 1 is 1.60 bits per heavy atom. The summed E-state index contributed by atoms with van der Waals surface area (Å²) in [6.07, 6.45) is 0.645. The summed E-state index contributed by atoms with van der Waals surface area (Å²) in [5.41, 5.74) is 0. The number of carbonyl (C=O) groups excluding carboxylic acids is 1. The molecule has 0 aliphatic rings. The minimum absolute atomic E-state index is 0.407. The lowest BCUT2D eigenvalue weighted by Crippen LogP contribution is -1.82.